The molecule has 1 fully saturated rings. The summed E-state index contributed by atoms with van der Waals surface area (Å²) in [6.45, 7) is 1.16. The van der Waals surface area contributed by atoms with E-state index >= 15 is 0 Å². The molecule has 136 valence electrons. The number of carbonyl (C=O) groups excluding carboxylic acids is 2. The van der Waals surface area contributed by atoms with E-state index in [1.54, 1.807) is 7.11 Å². The summed E-state index contributed by atoms with van der Waals surface area (Å²) >= 11 is 3.39. The molecule has 1 aliphatic rings. The number of anilines is 1. The van der Waals surface area contributed by atoms with Gasteiger partial charge in [-0.25, -0.2) is 0 Å². The Morgan fingerprint density at radius 3 is 2.54 bits per heavy atom. The zero-order valence-electron chi connectivity index (χ0n) is 14.6. The molecule has 1 saturated heterocycles. The van der Waals surface area contributed by atoms with Crippen molar-refractivity contribution in [2.24, 2.45) is 5.92 Å². The van der Waals surface area contributed by atoms with Gasteiger partial charge in [0, 0.05) is 29.0 Å². The zero-order chi connectivity index (χ0) is 18.5. The number of methoxy groups -OCH3 is 1. The van der Waals surface area contributed by atoms with Crippen LogP contribution in [0.3, 0.4) is 0 Å². The second kappa shape index (κ2) is 8.36. The molecular weight excluding hydrogens is 396 g/mol. The molecule has 2 aromatic rings. The number of ether oxygens (including phenoxy) is 1. The highest BCUT2D eigenvalue weighted by Gasteiger charge is 2.28. The maximum Gasteiger partial charge on any atom is 0.253 e. The van der Waals surface area contributed by atoms with Gasteiger partial charge in [-0.15, -0.1) is 0 Å². The van der Waals surface area contributed by atoms with Crippen molar-refractivity contribution in [3.8, 4) is 5.75 Å². The molecule has 5 nitrogen and oxygen atoms in total. The topological polar surface area (TPSA) is 58.6 Å². The maximum atomic E-state index is 12.6. The highest BCUT2D eigenvalue weighted by atomic mass is 79.9. The smallest absolute Gasteiger partial charge is 0.253 e. The van der Waals surface area contributed by atoms with Gasteiger partial charge < -0.3 is 15.0 Å². The van der Waals surface area contributed by atoms with Crippen LogP contribution in [0.5, 0.6) is 5.75 Å². The quantitative estimate of drug-likeness (QED) is 0.820. The summed E-state index contributed by atoms with van der Waals surface area (Å²) in [7, 11) is 1.58. The molecule has 2 aromatic carbocycles. The van der Waals surface area contributed by atoms with Crippen LogP contribution in [-0.2, 0) is 4.79 Å². The fourth-order valence-electron chi connectivity index (χ4n) is 3.13. The number of rotatable bonds is 4. The molecule has 6 heteroatoms. The molecule has 0 aliphatic carbocycles. The van der Waals surface area contributed by atoms with E-state index in [4.69, 9.17) is 4.74 Å². The van der Waals surface area contributed by atoms with Gasteiger partial charge >= 0.3 is 0 Å². The van der Waals surface area contributed by atoms with Gasteiger partial charge in [0.2, 0.25) is 5.91 Å². The molecule has 0 radical (unpaired) electrons. The maximum absolute atomic E-state index is 12.6. The summed E-state index contributed by atoms with van der Waals surface area (Å²) in [4.78, 5) is 27.0. The molecule has 3 rings (SSSR count). The Morgan fingerprint density at radius 1 is 1.12 bits per heavy atom. The van der Waals surface area contributed by atoms with Crippen molar-refractivity contribution in [2.45, 2.75) is 12.8 Å². The van der Waals surface area contributed by atoms with Crippen LogP contribution in [0, 0.1) is 5.92 Å². The van der Waals surface area contributed by atoms with Crippen molar-refractivity contribution in [1.82, 2.24) is 4.90 Å². The van der Waals surface area contributed by atoms with Gasteiger partial charge in [0.25, 0.3) is 5.91 Å². The Hall–Kier alpha value is -2.34. The third-order valence-corrected chi connectivity index (χ3v) is 5.08. The Bertz CT molecular complexity index is 801. The number of nitrogens with zero attached hydrogens (tertiary/aromatic N) is 1. The van der Waals surface area contributed by atoms with E-state index in [0.29, 0.717) is 42.9 Å². The van der Waals surface area contributed by atoms with Crippen molar-refractivity contribution in [3.63, 3.8) is 0 Å². The number of nitrogens with one attached hydrogen (secondary N) is 1. The molecule has 2 amide bonds. The number of hydrogen-bond acceptors (Lipinski definition) is 3. The van der Waals surface area contributed by atoms with Gasteiger partial charge in [0.05, 0.1) is 12.8 Å². The average molecular weight is 417 g/mol. The average Bonchev–Trinajstić information content (AvgIpc) is 2.68. The fraction of sp³-hybridized carbons (Fsp3) is 0.300. The molecule has 26 heavy (non-hydrogen) atoms. The summed E-state index contributed by atoms with van der Waals surface area (Å²) in [6, 6.07) is 14.7. The van der Waals surface area contributed by atoms with Gasteiger partial charge in [-0.3, -0.25) is 9.59 Å². The Balaban J connectivity index is 1.58. The van der Waals surface area contributed by atoms with Crippen LogP contribution in [0.25, 0.3) is 0 Å². The van der Waals surface area contributed by atoms with Crippen molar-refractivity contribution >= 4 is 33.4 Å². The number of amides is 2. The van der Waals surface area contributed by atoms with Crippen LogP contribution in [0.4, 0.5) is 5.69 Å². The molecule has 1 N–H and O–H groups in total. The lowest BCUT2D eigenvalue weighted by Gasteiger charge is -2.31. The van der Waals surface area contributed by atoms with Crippen molar-refractivity contribution in [2.75, 3.05) is 25.5 Å². The van der Waals surface area contributed by atoms with Crippen LogP contribution in [0.2, 0.25) is 0 Å². The first-order chi connectivity index (χ1) is 12.6. The number of carbonyl (C=O) groups is 2. The molecule has 0 unspecified atom stereocenters. The summed E-state index contributed by atoms with van der Waals surface area (Å²) in [5, 5.41) is 2.94. The van der Waals surface area contributed by atoms with Crippen LogP contribution < -0.4 is 10.1 Å². The van der Waals surface area contributed by atoms with Gasteiger partial charge in [0.15, 0.2) is 0 Å². The molecule has 0 atom stereocenters. The standard InChI is InChI=1S/C20H21BrN2O3/c1-26-18-8-3-2-7-17(18)22-19(24)14-9-11-23(12-10-14)20(25)15-5-4-6-16(21)13-15/h2-8,13-14H,9-12H2,1H3,(H,22,24). The van der Waals surface area contributed by atoms with E-state index in [1.807, 2.05) is 53.4 Å². The van der Waals surface area contributed by atoms with E-state index < -0.39 is 0 Å². The van der Waals surface area contributed by atoms with E-state index in [9.17, 15) is 9.59 Å². The predicted octanol–water partition coefficient (Wildman–Crippen LogP) is 3.95. The highest BCUT2D eigenvalue weighted by Crippen LogP contribution is 2.26. The number of halogens is 1. The Morgan fingerprint density at radius 2 is 1.85 bits per heavy atom. The minimum Gasteiger partial charge on any atom is -0.495 e. The lowest BCUT2D eigenvalue weighted by atomic mass is 9.95. The third kappa shape index (κ3) is 4.25. The van der Waals surface area contributed by atoms with E-state index in [2.05, 4.69) is 21.2 Å². The predicted molar refractivity (Wildman–Crippen MR) is 104 cm³/mol. The Kier molecular flexibility index (Phi) is 5.93. The lowest BCUT2D eigenvalue weighted by Crippen LogP contribution is -2.41. The SMILES string of the molecule is COc1ccccc1NC(=O)C1CCN(C(=O)c2cccc(Br)c2)CC1. The molecule has 0 bridgehead atoms. The number of piperidine rings is 1. The second-order valence-electron chi connectivity index (χ2n) is 6.27. The molecule has 0 spiro atoms. The van der Waals surface area contributed by atoms with Crippen molar-refractivity contribution in [1.29, 1.82) is 0 Å². The normalized spacial score (nSPS) is 14.8. The summed E-state index contributed by atoms with van der Waals surface area (Å²) in [6.07, 6.45) is 1.31. The number of benzene rings is 2. The molecule has 1 aliphatic heterocycles. The lowest BCUT2D eigenvalue weighted by molar-refractivity contribution is -0.121. The van der Waals surface area contributed by atoms with E-state index in [1.165, 1.54) is 0 Å². The third-order valence-electron chi connectivity index (χ3n) is 4.59. The van der Waals surface area contributed by atoms with Gasteiger partial charge in [0.1, 0.15) is 5.75 Å². The minimum atomic E-state index is -0.105. The van der Waals surface area contributed by atoms with Crippen LogP contribution in [-0.4, -0.2) is 36.9 Å². The van der Waals surface area contributed by atoms with Crippen LogP contribution >= 0.6 is 15.9 Å². The molecule has 1 heterocycles. The van der Waals surface area contributed by atoms with E-state index in [-0.39, 0.29) is 17.7 Å². The second-order valence-corrected chi connectivity index (χ2v) is 7.18. The minimum absolute atomic E-state index is 0.00915. The van der Waals surface area contributed by atoms with Gasteiger partial charge in [-0.1, -0.05) is 34.1 Å². The first-order valence-electron chi connectivity index (χ1n) is 8.57. The van der Waals surface area contributed by atoms with Crippen molar-refractivity contribution < 1.29 is 14.3 Å². The first-order valence-corrected chi connectivity index (χ1v) is 9.36. The van der Waals surface area contributed by atoms with Crippen molar-refractivity contribution in [3.05, 3.63) is 58.6 Å². The van der Waals surface area contributed by atoms with E-state index in [0.717, 1.165) is 4.47 Å². The summed E-state index contributed by atoms with van der Waals surface area (Å²) in [5.74, 6) is 0.522. The summed E-state index contributed by atoms with van der Waals surface area (Å²) < 4.78 is 6.15. The monoisotopic (exact) mass is 416 g/mol. The molecular formula is C20H21BrN2O3. The number of likely N-dealkylation sites (tertiary alicyclic amines) is 1. The van der Waals surface area contributed by atoms with Crippen LogP contribution in [0.1, 0.15) is 23.2 Å². The number of hydrogen-bond donors (Lipinski definition) is 1. The number of para-hydroxylation sites is 2. The van der Waals surface area contributed by atoms with Crippen LogP contribution in [0.15, 0.2) is 53.0 Å². The molecule has 0 aromatic heterocycles. The molecule has 0 saturated carbocycles. The van der Waals surface area contributed by atoms with Gasteiger partial charge in [-0.05, 0) is 43.2 Å². The highest BCUT2D eigenvalue weighted by molar-refractivity contribution is 9.10. The fourth-order valence-corrected chi connectivity index (χ4v) is 3.53. The first kappa shape index (κ1) is 18.5. The summed E-state index contributed by atoms with van der Waals surface area (Å²) in [5.41, 5.74) is 1.34. The zero-order valence-corrected chi connectivity index (χ0v) is 16.2. The Labute approximate surface area is 161 Å². The largest absolute Gasteiger partial charge is 0.495 e. The van der Waals surface area contributed by atoms with Gasteiger partial charge in [-0.2, -0.15) is 0 Å².